The largest absolute Gasteiger partial charge is 0.434 e. The van der Waals surface area contributed by atoms with Gasteiger partial charge in [-0.15, -0.1) is 0 Å². The molecule has 0 amide bonds. The summed E-state index contributed by atoms with van der Waals surface area (Å²) in [4.78, 5) is 0. The molecule has 0 saturated carbocycles. The molecular weight excluding hydrogens is 367 g/mol. The SMILES string of the molecule is FC(F)Oc1cc(Br)cc(C(F)(F)F)c1Br. The second-order valence-electron chi connectivity index (χ2n) is 2.64. The van der Waals surface area contributed by atoms with Gasteiger partial charge in [0.05, 0.1) is 10.0 Å². The van der Waals surface area contributed by atoms with Crippen LogP contribution in [0, 0.1) is 0 Å². The second-order valence-corrected chi connectivity index (χ2v) is 4.35. The quantitative estimate of drug-likeness (QED) is 0.678. The van der Waals surface area contributed by atoms with Gasteiger partial charge >= 0.3 is 12.8 Å². The topological polar surface area (TPSA) is 9.23 Å². The molecule has 0 aliphatic carbocycles. The van der Waals surface area contributed by atoms with Crippen LogP contribution in [0.5, 0.6) is 5.75 Å². The molecular formula is C8H3Br2F5O. The molecule has 1 aromatic carbocycles. The summed E-state index contributed by atoms with van der Waals surface area (Å²) >= 11 is 5.36. The van der Waals surface area contributed by atoms with Gasteiger partial charge in [0.25, 0.3) is 0 Å². The Hall–Kier alpha value is -0.370. The van der Waals surface area contributed by atoms with Crippen molar-refractivity contribution in [3.8, 4) is 5.75 Å². The molecule has 16 heavy (non-hydrogen) atoms. The van der Waals surface area contributed by atoms with Crippen LogP contribution in [0.25, 0.3) is 0 Å². The standard InChI is InChI=1S/C8H3Br2F5O/c9-3-1-4(8(13,14)15)6(10)5(2-3)16-7(11)12/h1-2,7H. The molecule has 0 fully saturated rings. The minimum atomic E-state index is -4.65. The highest BCUT2D eigenvalue weighted by Gasteiger charge is 2.35. The average molecular weight is 370 g/mol. The summed E-state index contributed by atoms with van der Waals surface area (Å²) < 4.78 is 64.6. The van der Waals surface area contributed by atoms with Crippen molar-refractivity contribution in [3.05, 3.63) is 26.6 Å². The first-order chi connectivity index (χ1) is 7.21. The number of ether oxygens (including phenoxy) is 1. The van der Waals surface area contributed by atoms with Crippen molar-refractivity contribution in [2.24, 2.45) is 0 Å². The number of benzene rings is 1. The van der Waals surface area contributed by atoms with Crippen molar-refractivity contribution in [2.75, 3.05) is 0 Å². The molecule has 0 unspecified atom stereocenters. The van der Waals surface area contributed by atoms with Crippen LogP contribution in [0.3, 0.4) is 0 Å². The number of hydrogen-bond acceptors (Lipinski definition) is 1. The highest BCUT2D eigenvalue weighted by Crippen LogP contribution is 2.41. The lowest BCUT2D eigenvalue weighted by Gasteiger charge is -2.13. The van der Waals surface area contributed by atoms with Crippen LogP contribution in [0.15, 0.2) is 21.1 Å². The van der Waals surface area contributed by atoms with Crippen LogP contribution < -0.4 is 4.74 Å². The summed E-state index contributed by atoms with van der Waals surface area (Å²) in [5.74, 6) is -0.572. The minimum Gasteiger partial charge on any atom is -0.434 e. The van der Waals surface area contributed by atoms with Crippen LogP contribution in [-0.2, 0) is 6.18 Å². The van der Waals surface area contributed by atoms with Crippen molar-refractivity contribution in [1.82, 2.24) is 0 Å². The molecule has 0 radical (unpaired) electrons. The first-order valence-corrected chi connectivity index (χ1v) is 5.31. The number of rotatable bonds is 2. The van der Waals surface area contributed by atoms with Crippen LogP contribution in [0.4, 0.5) is 22.0 Å². The molecule has 0 aromatic heterocycles. The summed E-state index contributed by atoms with van der Waals surface area (Å²) in [5.41, 5.74) is -1.09. The monoisotopic (exact) mass is 368 g/mol. The van der Waals surface area contributed by atoms with E-state index >= 15 is 0 Å². The van der Waals surface area contributed by atoms with Gasteiger partial charge in [0.2, 0.25) is 0 Å². The molecule has 1 nitrogen and oxygen atoms in total. The van der Waals surface area contributed by atoms with E-state index in [-0.39, 0.29) is 4.47 Å². The van der Waals surface area contributed by atoms with Gasteiger partial charge in [-0.3, -0.25) is 0 Å². The Kier molecular flexibility index (Phi) is 4.17. The lowest BCUT2D eigenvalue weighted by Crippen LogP contribution is -2.09. The van der Waals surface area contributed by atoms with Crippen LogP contribution in [0.2, 0.25) is 0 Å². The Labute approximate surface area is 104 Å². The fourth-order valence-corrected chi connectivity index (χ4v) is 1.94. The van der Waals surface area contributed by atoms with Gasteiger partial charge in [0, 0.05) is 4.47 Å². The van der Waals surface area contributed by atoms with E-state index in [0.29, 0.717) is 0 Å². The maximum atomic E-state index is 12.5. The maximum Gasteiger partial charge on any atom is 0.417 e. The molecule has 0 aliphatic heterocycles. The summed E-state index contributed by atoms with van der Waals surface area (Å²) in [6.07, 6.45) is -4.65. The van der Waals surface area contributed by atoms with Crippen LogP contribution >= 0.6 is 31.9 Å². The van der Waals surface area contributed by atoms with E-state index in [1.165, 1.54) is 0 Å². The van der Waals surface area contributed by atoms with E-state index in [9.17, 15) is 22.0 Å². The Morgan fingerprint density at radius 2 is 1.69 bits per heavy atom. The highest BCUT2D eigenvalue weighted by molar-refractivity contribution is 9.11. The normalized spacial score (nSPS) is 12.0. The Morgan fingerprint density at radius 3 is 2.12 bits per heavy atom. The van der Waals surface area contributed by atoms with Crippen molar-refractivity contribution in [2.45, 2.75) is 12.8 Å². The summed E-state index contributed by atoms with van der Waals surface area (Å²) in [6.45, 7) is -3.19. The molecule has 1 aromatic rings. The lowest BCUT2D eigenvalue weighted by molar-refractivity contribution is -0.138. The molecule has 0 spiro atoms. The van der Waals surface area contributed by atoms with Gasteiger partial charge in [-0.05, 0) is 28.1 Å². The minimum absolute atomic E-state index is 0.00123. The third kappa shape index (κ3) is 3.31. The molecule has 0 aliphatic rings. The van der Waals surface area contributed by atoms with E-state index in [0.717, 1.165) is 12.1 Å². The van der Waals surface area contributed by atoms with Crippen molar-refractivity contribution >= 4 is 31.9 Å². The summed E-state index contributed by atoms with van der Waals surface area (Å²) in [6, 6.07) is 1.79. The fourth-order valence-electron chi connectivity index (χ4n) is 0.952. The zero-order valence-corrected chi connectivity index (χ0v) is 10.5. The third-order valence-corrected chi connectivity index (χ3v) is 2.80. The third-order valence-electron chi connectivity index (χ3n) is 1.53. The first-order valence-electron chi connectivity index (χ1n) is 3.73. The zero-order valence-electron chi connectivity index (χ0n) is 7.29. The van der Waals surface area contributed by atoms with Crippen LogP contribution in [0.1, 0.15) is 5.56 Å². The van der Waals surface area contributed by atoms with Gasteiger partial charge in [-0.25, -0.2) is 0 Å². The maximum absolute atomic E-state index is 12.5. The molecule has 8 heteroatoms. The molecule has 90 valence electrons. The summed E-state index contributed by atoms with van der Waals surface area (Å²) in [5, 5.41) is 0. The van der Waals surface area contributed by atoms with Crippen molar-refractivity contribution < 1.29 is 26.7 Å². The van der Waals surface area contributed by atoms with Crippen molar-refractivity contribution in [1.29, 1.82) is 0 Å². The van der Waals surface area contributed by atoms with Crippen molar-refractivity contribution in [3.63, 3.8) is 0 Å². The predicted molar refractivity (Wildman–Crippen MR) is 53.5 cm³/mol. The van der Waals surface area contributed by atoms with E-state index in [2.05, 4.69) is 36.6 Å². The van der Waals surface area contributed by atoms with E-state index < -0.39 is 28.6 Å². The molecule has 0 bridgehead atoms. The summed E-state index contributed by atoms with van der Waals surface area (Å²) in [7, 11) is 0. The Bertz CT molecular complexity index is 391. The van der Waals surface area contributed by atoms with Gasteiger partial charge in [-0.1, -0.05) is 15.9 Å². The van der Waals surface area contributed by atoms with Gasteiger partial charge in [-0.2, -0.15) is 22.0 Å². The van der Waals surface area contributed by atoms with E-state index in [1.54, 1.807) is 0 Å². The Morgan fingerprint density at radius 1 is 1.12 bits per heavy atom. The first kappa shape index (κ1) is 13.7. The number of alkyl halides is 5. The predicted octanol–water partition coefficient (Wildman–Crippen LogP) is 4.83. The van der Waals surface area contributed by atoms with Crippen LogP contribution in [-0.4, -0.2) is 6.61 Å². The average Bonchev–Trinajstić information content (AvgIpc) is 2.07. The molecule has 0 atom stereocenters. The smallest absolute Gasteiger partial charge is 0.417 e. The van der Waals surface area contributed by atoms with Gasteiger partial charge in [0.1, 0.15) is 5.75 Å². The lowest BCUT2D eigenvalue weighted by atomic mass is 10.2. The second kappa shape index (κ2) is 4.87. The van der Waals surface area contributed by atoms with Gasteiger partial charge < -0.3 is 4.74 Å². The Balaban J connectivity index is 3.26. The number of halogens is 7. The van der Waals surface area contributed by atoms with E-state index in [4.69, 9.17) is 0 Å². The fraction of sp³-hybridized carbons (Fsp3) is 0.250. The zero-order chi connectivity index (χ0) is 12.5. The van der Waals surface area contributed by atoms with Gasteiger partial charge in [0.15, 0.2) is 0 Å². The molecule has 0 heterocycles. The molecule has 1 rings (SSSR count). The molecule has 0 saturated heterocycles. The molecule has 0 N–H and O–H groups in total. The van der Waals surface area contributed by atoms with E-state index in [1.807, 2.05) is 0 Å². The number of hydrogen-bond donors (Lipinski definition) is 0. The highest BCUT2D eigenvalue weighted by atomic mass is 79.9.